The SMILES string of the molecule is Cc1ccc(CC(=O)[C@H](CC2=NCN=N2)NC(=O)OCC2c3ccccc3-c3ccccc32)cc1. The molecule has 3 aromatic rings. The summed E-state index contributed by atoms with van der Waals surface area (Å²) >= 11 is 0. The number of hydrogen-bond donors (Lipinski definition) is 1. The topological polar surface area (TPSA) is 92.5 Å². The van der Waals surface area contributed by atoms with Crippen molar-refractivity contribution in [2.24, 2.45) is 15.2 Å². The highest BCUT2D eigenvalue weighted by Gasteiger charge is 2.30. The Kier molecular flexibility index (Phi) is 6.48. The number of aliphatic imine (C=N–C) groups is 1. The molecule has 35 heavy (non-hydrogen) atoms. The fourth-order valence-corrected chi connectivity index (χ4v) is 4.60. The number of azo groups is 1. The van der Waals surface area contributed by atoms with Crippen molar-refractivity contribution < 1.29 is 14.3 Å². The van der Waals surface area contributed by atoms with Crippen LogP contribution in [0.5, 0.6) is 0 Å². The standard InChI is InChI=1S/C28H26N4O3/c1-18-10-12-19(13-11-18)14-26(33)25(15-27-29-17-30-32-27)31-28(34)35-16-24-22-8-4-2-6-20(22)21-7-3-5-9-23(21)24/h2-13,24-25H,14-17H2,1H3,(H,31,34)/t25-/m0/s1. The second-order valence-corrected chi connectivity index (χ2v) is 8.81. The summed E-state index contributed by atoms with van der Waals surface area (Å²) in [5.41, 5.74) is 6.59. The first-order valence-corrected chi connectivity index (χ1v) is 11.7. The van der Waals surface area contributed by atoms with Crippen molar-refractivity contribution in [1.29, 1.82) is 0 Å². The predicted octanol–water partition coefficient (Wildman–Crippen LogP) is 5.23. The number of carbonyl (C=O) groups is 2. The van der Waals surface area contributed by atoms with E-state index in [1.165, 1.54) is 0 Å². The lowest BCUT2D eigenvalue weighted by molar-refractivity contribution is -0.120. The van der Waals surface area contributed by atoms with Gasteiger partial charge < -0.3 is 10.1 Å². The van der Waals surface area contributed by atoms with Gasteiger partial charge in [-0.1, -0.05) is 78.4 Å². The Balaban J connectivity index is 1.27. The molecule has 0 unspecified atom stereocenters. The summed E-state index contributed by atoms with van der Waals surface area (Å²) < 4.78 is 5.65. The molecule has 5 rings (SSSR count). The normalized spacial score (nSPS) is 14.7. The van der Waals surface area contributed by atoms with Crippen LogP contribution in [-0.4, -0.2) is 37.0 Å². The molecule has 0 saturated heterocycles. The van der Waals surface area contributed by atoms with Gasteiger partial charge in [0.15, 0.2) is 12.5 Å². The summed E-state index contributed by atoms with van der Waals surface area (Å²) in [6, 6.07) is 23.3. The van der Waals surface area contributed by atoms with Crippen LogP contribution in [0.25, 0.3) is 11.1 Å². The van der Waals surface area contributed by atoms with Crippen LogP contribution in [0.3, 0.4) is 0 Å². The number of benzene rings is 3. The van der Waals surface area contributed by atoms with Crippen LogP contribution < -0.4 is 5.32 Å². The highest BCUT2D eigenvalue weighted by molar-refractivity contribution is 5.95. The molecule has 7 heteroatoms. The first-order chi connectivity index (χ1) is 17.1. The van der Waals surface area contributed by atoms with Crippen LogP contribution in [0.2, 0.25) is 0 Å². The molecule has 0 radical (unpaired) electrons. The number of ether oxygens (including phenoxy) is 1. The Morgan fingerprint density at radius 3 is 2.26 bits per heavy atom. The highest BCUT2D eigenvalue weighted by atomic mass is 16.5. The highest BCUT2D eigenvalue weighted by Crippen LogP contribution is 2.44. The molecule has 1 aliphatic carbocycles. The van der Waals surface area contributed by atoms with E-state index in [2.05, 4.69) is 44.8 Å². The maximum atomic E-state index is 13.1. The van der Waals surface area contributed by atoms with E-state index >= 15 is 0 Å². The molecule has 176 valence electrons. The van der Waals surface area contributed by atoms with Crippen molar-refractivity contribution in [2.75, 3.05) is 13.3 Å². The van der Waals surface area contributed by atoms with Gasteiger partial charge in [-0.2, -0.15) is 5.11 Å². The molecule has 7 nitrogen and oxygen atoms in total. The Hall–Kier alpha value is -4.13. The van der Waals surface area contributed by atoms with Crippen molar-refractivity contribution in [3.8, 4) is 11.1 Å². The van der Waals surface area contributed by atoms with Gasteiger partial charge in [0.25, 0.3) is 0 Å². The summed E-state index contributed by atoms with van der Waals surface area (Å²) in [7, 11) is 0. The molecule has 2 aliphatic rings. The van der Waals surface area contributed by atoms with Crippen LogP contribution in [0.1, 0.15) is 34.6 Å². The van der Waals surface area contributed by atoms with Gasteiger partial charge in [-0.05, 0) is 34.7 Å². The van der Waals surface area contributed by atoms with E-state index in [0.717, 1.165) is 33.4 Å². The number of carbonyl (C=O) groups excluding carboxylic acids is 2. The van der Waals surface area contributed by atoms with E-state index in [-0.39, 0.29) is 37.8 Å². The van der Waals surface area contributed by atoms with E-state index in [1.807, 2.05) is 55.5 Å². The van der Waals surface area contributed by atoms with Crippen molar-refractivity contribution >= 4 is 17.7 Å². The zero-order valence-electron chi connectivity index (χ0n) is 19.5. The number of amidine groups is 1. The monoisotopic (exact) mass is 466 g/mol. The summed E-state index contributed by atoms with van der Waals surface area (Å²) in [5.74, 6) is 0.265. The molecule has 0 spiro atoms. The molecule has 0 bridgehead atoms. The molecule has 1 N–H and O–H groups in total. The van der Waals surface area contributed by atoms with Gasteiger partial charge >= 0.3 is 6.09 Å². The minimum atomic E-state index is -0.803. The van der Waals surface area contributed by atoms with Crippen molar-refractivity contribution in [3.63, 3.8) is 0 Å². The number of fused-ring (bicyclic) bond motifs is 3. The minimum Gasteiger partial charge on any atom is -0.449 e. The number of nitrogens with one attached hydrogen (secondary N) is 1. The smallest absolute Gasteiger partial charge is 0.407 e. The van der Waals surface area contributed by atoms with Gasteiger partial charge in [-0.15, -0.1) is 5.11 Å². The predicted molar refractivity (Wildman–Crippen MR) is 134 cm³/mol. The number of rotatable bonds is 8. The number of amides is 1. The number of aryl methyl sites for hydroxylation is 1. The van der Waals surface area contributed by atoms with Crippen LogP contribution in [-0.2, 0) is 16.0 Å². The largest absolute Gasteiger partial charge is 0.449 e. The molecule has 1 aliphatic heterocycles. The van der Waals surface area contributed by atoms with Gasteiger partial charge in [0.1, 0.15) is 12.4 Å². The van der Waals surface area contributed by atoms with Gasteiger partial charge in [0.05, 0.1) is 6.04 Å². The van der Waals surface area contributed by atoms with Gasteiger partial charge in [-0.25, -0.2) is 9.79 Å². The van der Waals surface area contributed by atoms with Crippen LogP contribution in [0.4, 0.5) is 4.79 Å². The first-order valence-electron chi connectivity index (χ1n) is 11.7. The molecule has 0 aromatic heterocycles. The number of alkyl carbamates (subject to hydrolysis) is 1. The second-order valence-electron chi connectivity index (χ2n) is 8.81. The number of nitrogens with zero attached hydrogens (tertiary/aromatic N) is 3. The average molecular weight is 467 g/mol. The lowest BCUT2D eigenvalue weighted by atomic mass is 9.98. The molecule has 1 heterocycles. The zero-order chi connectivity index (χ0) is 24.2. The third kappa shape index (κ3) is 5.04. The summed E-state index contributed by atoms with van der Waals surface area (Å²) in [6.07, 6.45) is -0.262. The third-order valence-corrected chi connectivity index (χ3v) is 6.41. The van der Waals surface area contributed by atoms with Crippen molar-refractivity contribution in [2.45, 2.75) is 31.7 Å². The Morgan fingerprint density at radius 1 is 0.971 bits per heavy atom. The molecule has 3 aromatic carbocycles. The quantitative estimate of drug-likeness (QED) is 0.493. The van der Waals surface area contributed by atoms with E-state index in [9.17, 15) is 9.59 Å². The Morgan fingerprint density at radius 2 is 1.63 bits per heavy atom. The lowest BCUT2D eigenvalue weighted by Gasteiger charge is -2.19. The summed E-state index contributed by atoms with van der Waals surface area (Å²) in [5, 5.41) is 10.6. The number of ketones is 1. The Bertz CT molecular complexity index is 1270. The van der Waals surface area contributed by atoms with Crippen molar-refractivity contribution in [3.05, 3.63) is 95.1 Å². The molecular weight excluding hydrogens is 440 g/mol. The first kappa shape index (κ1) is 22.7. The summed E-state index contributed by atoms with van der Waals surface area (Å²) in [4.78, 5) is 30.1. The number of Topliss-reactive ketones (excluding diaryl/α,β-unsaturated/α-hetero) is 1. The lowest BCUT2D eigenvalue weighted by Crippen LogP contribution is -2.43. The molecule has 1 atom stereocenters. The maximum Gasteiger partial charge on any atom is 0.407 e. The fourth-order valence-electron chi connectivity index (χ4n) is 4.60. The number of hydrogen-bond acceptors (Lipinski definition) is 6. The van der Waals surface area contributed by atoms with Crippen LogP contribution in [0, 0.1) is 6.92 Å². The summed E-state index contributed by atoms with van der Waals surface area (Å²) in [6.45, 7) is 2.43. The van der Waals surface area contributed by atoms with E-state index in [4.69, 9.17) is 4.74 Å². The van der Waals surface area contributed by atoms with Gasteiger partial charge in [0, 0.05) is 18.8 Å². The third-order valence-electron chi connectivity index (χ3n) is 6.41. The average Bonchev–Trinajstić information content (AvgIpc) is 3.50. The van der Waals surface area contributed by atoms with E-state index in [0.29, 0.717) is 5.84 Å². The molecule has 0 fully saturated rings. The Labute approximate surface area is 204 Å². The van der Waals surface area contributed by atoms with Gasteiger partial charge in [-0.3, -0.25) is 4.79 Å². The van der Waals surface area contributed by atoms with Crippen LogP contribution in [0.15, 0.2) is 88.0 Å². The molecule has 0 saturated carbocycles. The van der Waals surface area contributed by atoms with Crippen molar-refractivity contribution in [1.82, 2.24) is 5.32 Å². The zero-order valence-corrected chi connectivity index (χ0v) is 19.5. The molecular formula is C28H26N4O3. The molecule has 1 amide bonds. The van der Waals surface area contributed by atoms with E-state index < -0.39 is 12.1 Å². The van der Waals surface area contributed by atoms with Crippen LogP contribution >= 0.6 is 0 Å². The maximum absolute atomic E-state index is 13.1. The minimum absolute atomic E-state index is 0.0529. The fraction of sp³-hybridized carbons (Fsp3) is 0.250. The second kappa shape index (κ2) is 10.0. The van der Waals surface area contributed by atoms with E-state index in [1.54, 1.807) is 0 Å². The van der Waals surface area contributed by atoms with Gasteiger partial charge in [0.2, 0.25) is 0 Å².